The van der Waals surface area contributed by atoms with Gasteiger partial charge in [0, 0.05) is 24.7 Å². The molecule has 1 fully saturated rings. The fraction of sp³-hybridized carbons (Fsp3) is 0.400. The summed E-state index contributed by atoms with van der Waals surface area (Å²) in [7, 11) is -3.77. The first-order valence-electron chi connectivity index (χ1n) is 10.0. The molecule has 0 bridgehead atoms. The zero-order valence-corrected chi connectivity index (χ0v) is 19.8. The minimum atomic E-state index is -3.77. The molecule has 1 saturated heterocycles. The van der Waals surface area contributed by atoms with Gasteiger partial charge in [-0.3, -0.25) is 14.9 Å². The highest BCUT2D eigenvalue weighted by Gasteiger charge is 2.32. The van der Waals surface area contributed by atoms with Crippen LogP contribution in [-0.4, -0.2) is 61.4 Å². The van der Waals surface area contributed by atoms with Crippen molar-refractivity contribution in [1.29, 1.82) is 0 Å². The van der Waals surface area contributed by atoms with Crippen molar-refractivity contribution in [2.45, 2.75) is 37.9 Å². The largest absolute Gasteiger partial charge is 0.462 e. The number of ether oxygens (including phenoxy) is 2. The molecule has 13 heteroatoms. The van der Waals surface area contributed by atoms with Crippen molar-refractivity contribution in [2.24, 2.45) is 0 Å². The highest BCUT2D eigenvalue weighted by Crippen LogP contribution is 2.34. The van der Waals surface area contributed by atoms with Crippen molar-refractivity contribution < 1.29 is 32.4 Å². The topological polar surface area (TPSA) is 145 Å². The maximum atomic E-state index is 13.0. The average Bonchev–Trinajstić information content (AvgIpc) is 3.17. The summed E-state index contributed by atoms with van der Waals surface area (Å²) < 4.78 is 37.7. The van der Waals surface area contributed by atoms with Gasteiger partial charge in [-0.25, -0.2) is 13.2 Å². The summed E-state index contributed by atoms with van der Waals surface area (Å²) in [5, 5.41) is 13.2. The second kappa shape index (κ2) is 9.95. The molecular formula is C20H23N3O8S2. The van der Waals surface area contributed by atoms with E-state index in [9.17, 15) is 28.1 Å². The fourth-order valence-electron chi connectivity index (χ4n) is 3.35. The Kier molecular flexibility index (Phi) is 7.47. The predicted molar refractivity (Wildman–Crippen MR) is 120 cm³/mol. The van der Waals surface area contributed by atoms with Gasteiger partial charge in [-0.15, -0.1) is 0 Å². The molecule has 2 atom stereocenters. The Bertz CT molecular complexity index is 1150. The maximum absolute atomic E-state index is 13.0. The number of esters is 1. The number of nitro groups is 1. The van der Waals surface area contributed by atoms with E-state index in [4.69, 9.17) is 9.47 Å². The van der Waals surface area contributed by atoms with Crippen LogP contribution in [0.25, 0.3) is 0 Å². The molecule has 0 radical (unpaired) electrons. The summed E-state index contributed by atoms with van der Waals surface area (Å²) in [6, 6.07) is 6.35. The normalized spacial score (nSPS) is 19.1. The van der Waals surface area contributed by atoms with E-state index in [1.165, 1.54) is 28.6 Å². The van der Waals surface area contributed by atoms with Gasteiger partial charge in [0.05, 0.1) is 28.6 Å². The highest BCUT2D eigenvalue weighted by atomic mass is 32.2. The first-order chi connectivity index (χ1) is 15.5. The molecule has 11 nitrogen and oxygen atoms in total. The molecule has 0 aliphatic carbocycles. The Morgan fingerprint density at radius 1 is 1.24 bits per heavy atom. The lowest BCUT2D eigenvalue weighted by Crippen LogP contribution is -2.48. The molecule has 1 N–H and O–H groups in total. The van der Waals surface area contributed by atoms with Crippen LogP contribution in [0.4, 0.5) is 10.0 Å². The fourth-order valence-corrected chi connectivity index (χ4v) is 5.80. The lowest BCUT2D eigenvalue weighted by Gasteiger charge is -2.34. The third-order valence-corrected chi connectivity index (χ3v) is 7.61. The molecule has 2 heterocycles. The van der Waals surface area contributed by atoms with Gasteiger partial charge in [-0.1, -0.05) is 0 Å². The first kappa shape index (κ1) is 24.8. The van der Waals surface area contributed by atoms with Crippen LogP contribution in [0.1, 0.15) is 41.5 Å². The smallest absolute Gasteiger partial charge is 0.341 e. The van der Waals surface area contributed by atoms with Crippen LogP contribution in [0.15, 0.2) is 35.2 Å². The van der Waals surface area contributed by atoms with Gasteiger partial charge in [0.2, 0.25) is 10.0 Å². The van der Waals surface area contributed by atoms with Gasteiger partial charge in [-0.05, 0) is 56.4 Å². The van der Waals surface area contributed by atoms with Crippen molar-refractivity contribution >= 4 is 43.2 Å². The van der Waals surface area contributed by atoms with E-state index in [0.717, 1.165) is 6.07 Å². The Labute approximate surface area is 194 Å². The molecule has 1 aliphatic heterocycles. The number of thiophene rings is 1. The van der Waals surface area contributed by atoms with Crippen molar-refractivity contribution in [3.8, 4) is 0 Å². The number of nitrogens with one attached hydrogen (secondary N) is 1. The monoisotopic (exact) mass is 497 g/mol. The number of carbonyl (C=O) groups excluding carboxylic acids is 2. The predicted octanol–water partition coefficient (Wildman–Crippen LogP) is 2.88. The SMILES string of the molecule is CCOC(=O)c1cc([N+](=O)[O-])sc1NC(=O)c1ccc(S(=O)(=O)N2C[C@@H](C)O[C@H](C)C2)cc1. The number of carbonyl (C=O) groups is 2. The van der Waals surface area contributed by atoms with E-state index in [1.807, 2.05) is 0 Å². The molecule has 1 aliphatic rings. The number of hydrogen-bond donors (Lipinski definition) is 1. The summed E-state index contributed by atoms with van der Waals surface area (Å²) in [6.45, 7) is 5.69. The van der Waals surface area contributed by atoms with Crippen molar-refractivity contribution in [3.05, 3.63) is 51.6 Å². The number of hydrogen-bond acceptors (Lipinski definition) is 9. The van der Waals surface area contributed by atoms with Crippen LogP contribution >= 0.6 is 11.3 Å². The van der Waals surface area contributed by atoms with Crippen molar-refractivity contribution in [1.82, 2.24) is 4.31 Å². The molecule has 178 valence electrons. The molecule has 1 amide bonds. The molecule has 1 aromatic heterocycles. The minimum Gasteiger partial charge on any atom is -0.462 e. The van der Waals surface area contributed by atoms with Crippen LogP contribution in [0.5, 0.6) is 0 Å². The number of amides is 1. The van der Waals surface area contributed by atoms with E-state index in [-0.39, 0.29) is 57.9 Å². The molecule has 1 aromatic carbocycles. The molecular weight excluding hydrogens is 474 g/mol. The lowest BCUT2D eigenvalue weighted by atomic mass is 10.2. The molecule has 0 spiro atoms. The molecule has 0 saturated carbocycles. The van der Waals surface area contributed by atoms with Crippen molar-refractivity contribution in [3.63, 3.8) is 0 Å². The Balaban J connectivity index is 1.80. The summed E-state index contributed by atoms with van der Waals surface area (Å²) in [4.78, 5) is 35.2. The second-order valence-corrected chi connectivity index (χ2v) is 10.3. The summed E-state index contributed by atoms with van der Waals surface area (Å²) in [5.74, 6) is -1.46. The number of anilines is 1. The quantitative estimate of drug-likeness (QED) is 0.349. The van der Waals surface area contributed by atoms with Gasteiger partial charge in [0.15, 0.2) is 0 Å². The molecule has 33 heavy (non-hydrogen) atoms. The maximum Gasteiger partial charge on any atom is 0.341 e. The Morgan fingerprint density at radius 2 is 1.85 bits per heavy atom. The van der Waals surface area contributed by atoms with Gasteiger partial charge < -0.3 is 14.8 Å². The molecule has 0 unspecified atom stereocenters. The first-order valence-corrected chi connectivity index (χ1v) is 12.3. The van der Waals surface area contributed by atoms with E-state index in [2.05, 4.69) is 5.32 Å². The highest BCUT2D eigenvalue weighted by molar-refractivity contribution is 7.89. The number of benzene rings is 1. The van der Waals surface area contributed by atoms with Crippen LogP contribution < -0.4 is 5.32 Å². The average molecular weight is 498 g/mol. The van der Waals surface area contributed by atoms with E-state index < -0.39 is 26.8 Å². The van der Waals surface area contributed by atoms with E-state index in [1.54, 1.807) is 20.8 Å². The number of nitrogens with zero attached hydrogens (tertiary/aromatic N) is 2. The minimum absolute atomic E-state index is 0.0272. The van der Waals surface area contributed by atoms with Crippen LogP contribution in [0.3, 0.4) is 0 Å². The number of sulfonamides is 1. The molecule has 3 rings (SSSR count). The van der Waals surface area contributed by atoms with Gasteiger partial charge in [0.25, 0.3) is 5.91 Å². The zero-order chi connectivity index (χ0) is 24.3. The summed E-state index contributed by atoms with van der Waals surface area (Å²) in [5.41, 5.74) is -0.0137. The third-order valence-electron chi connectivity index (χ3n) is 4.76. The second-order valence-electron chi connectivity index (χ2n) is 7.36. The van der Waals surface area contributed by atoms with E-state index >= 15 is 0 Å². The van der Waals surface area contributed by atoms with Crippen LogP contribution in [-0.2, 0) is 19.5 Å². The zero-order valence-electron chi connectivity index (χ0n) is 18.1. The van der Waals surface area contributed by atoms with Crippen LogP contribution in [0, 0.1) is 10.1 Å². The number of morpholine rings is 1. The van der Waals surface area contributed by atoms with E-state index in [0.29, 0.717) is 11.3 Å². The summed E-state index contributed by atoms with van der Waals surface area (Å²) in [6.07, 6.45) is -0.478. The Morgan fingerprint density at radius 3 is 2.39 bits per heavy atom. The summed E-state index contributed by atoms with van der Waals surface area (Å²) >= 11 is 0.625. The number of rotatable bonds is 7. The molecule has 2 aromatic rings. The van der Waals surface area contributed by atoms with Gasteiger partial charge in [-0.2, -0.15) is 4.31 Å². The van der Waals surface area contributed by atoms with Gasteiger partial charge >= 0.3 is 11.0 Å². The standard InChI is InChI=1S/C20H23N3O8S2/c1-4-30-20(25)16-9-17(23(26)27)32-19(16)21-18(24)14-5-7-15(8-6-14)33(28,29)22-10-12(2)31-13(3)11-22/h5-9,12-13H,4,10-11H2,1-3H3,(H,21,24)/t12-,13-/m1/s1. The van der Waals surface area contributed by atoms with Crippen molar-refractivity contribution in [2.75, 3.05) is 25.0 Å². The van der Waals surface area contributed by atoms with Gasteiger partial charge in [0.1, 0.15) is 10.6 Å². The lowest BCUT2D eigenvalue weighted by molar-refractivity contribution is -0.380. The third kappa shape index (κ3) is 5.55. The van der Waals surface area contributed by atoms with Crippen LogP contribution in [0.2, 0.25) is 0 Å². The Hall–Kier alpha value is -2.87.